The maximum atomic E-state index is 14.5. The van der Waals surface area contributed by atoms with E-state index in [-0.39, 0.29) is 4.47 Å². The first-order valence-electron chi connectivity index (χ1n) is 6.12. The first-order chi connectivity index (χ1) is 11.0. The molecule has 0 atom stereocenters. The fourth-order valence-electron chi connectivity index (χ4n) is 1.99. The Labute approximate surface area is 145 Å². The van der Waals surface area contributed by atoms with Crippen LogP contribution in [0, 0.1) is 5.82 Å². The number of primary sulfonamides is 1. The van der Waals surface area contributed by atoms with Crippen molar-refractivity contribution in [3.8, 4) is 0 Å². The Hall–Kier alpha value is -1.82. The normalized spacial score (nSPS) is 12.1. The van der Waals surface area contributed by atoms with E-state index in [2.05, 4.69) is 15.9 Å². The van der Waals surface area contributed by atoms with Crippen LogP contribution in [0.25, 0.3) is 0 Å². The summed E-state index contributed by atoms with van der Waals surface area (Å²) >= 11 is 2.89. The molecule has 7 nitrogen and oxygen atoms in total. The van der Waals surface area contributed by atoms with E-state index in [0.717, 1.165) is 24.3 Å². The Morgan fingerprint density at radius 1 is 1.00 bits per heavy atom. The van der Waals surface area contributed by atoms with Gasteiger partial charge in [0, 0.05) is 4.47 Å². The number of benzene rings is 2. The Morgan fingerprint density at radius 2 is 1.54 bits per heavy atom. The van der Waals surface area contributed by atoms with E-state index in [9.17, 15) is 26.0 Å². The molecule has 128 valence electrons. The van der Waals surface area contributed by atoms with Crippen LogP contribution in [0.4, 0.5) is 4.39 Å². The quantitative estimate of drug-likeness (QED) is 0.740. The molecule has 0 bridgehead atoms. The molecule has 2 aromatic carbocycles. The van der Waals surface area contributed by atoms with Crippen LogP contribution in [0.1, 0.15) is 10.4 Å². The van der Waals surface area contributed by atoms with Crippen LogP contribution >= 0.6 is 15.9 Å². The van der Waals surface area contributed by atoms with E-state index in [1.807, 2.05) is 0 Å². The molecule has 24 heavy (non-hydrogen) atoms. The summed E-state index contributed by atoms with van der Waals surface area (Å²) in [7, 11) is -9.04. The second kappa shape index (κ2) is 6.24. The first-order valence-corrected chi connectivity index (χ1v) is 9.95. The molecule has 0 aliphatic heterocycles. The lowest BCUT2D eigenvalue weighted by Crippen LogP contribution is -2.19. The van der Waals surface area contributed by atoms with Gasteiger partial charge in [0.15, 0.2) is 5.82 Å². The zero-order valence-electron chi connectivity index (χ0n) is 11.7. The highest BCUT2D eigenvalue weighted by atomic mass is 79.9. The lowest BCUT2D eigenvalue weighted by Gasteiger charge is -2.12. The average Bonchev–Trinajstić information content (AvgIpc) is 2.45. The number of sulfonamides is 1. The van der Waals surface area contributed by atoms with Gasteiger partial charge in [-0.2, -0.15) is 0 Å². The van der Waals surface area contributed by atoms with Gasteiger partial charge in [-0.15, -0.1) is 0 Å². The lowest BCUT2D eigenvalue weighted by molar-refractivity contribution is 0.0996. The Balaban J connectivity index is 2.89. The molecule has 0 fully saturated rings. The maximum Gasteiger partial charge on any atom is 0.251 e. The lowest BCUT2D eigenvalue weighted by atomic mass is 10.2. The molecule has 11 heteroatoms. The van der Waals surface area contributed by atoms with Gasteiger partial charge in [-0.25, -0.2) is 26.4 Å². The fraction of sp³-hybridized carbons (Fsp3) is 0. The molecular formula is C13H10BrFN2O5S2. The molecular weight excluding hydrogens is 427 g/mol. The minimum Gasteiger partial charge on any atom is -0.366 e. The highest BCUT2D eigenvalue weighted by Crippen LogP contribution is 2.34. The van der Waals surface area contributed by atoms with Gasteiger partial charge < -0.3 is 5.73 Å². The molecule has 0 unspecified atom stereocenters. The SMILES string of the molecule is NC(=O)c1ccc(Br)c(S(=O)(=O)c2ccccc2S(N)(=O)=O)c1F. The number of carbonyl (C=O) groups excluding carboxylic acids is 1. The van der Waals surface area contributed by atoms with Crippen molar-refractivity contribution in [1.82, 2.24) is 0 Å². The van der Waals surface area contributed by atoms with Crippen LogP contribution < -0.4 is 10.9 Å². The summed E-state index contributed by atoms with van der Waals surface area (Å²) < 4.78 is 63.1. The number of amides is 1. The van der Waals surface area contributed by atoms with Gasteiger partial charge in [0.05, 0.1) is 10.5 Å². The van der Waals surface area contributed by atoms with Crippen LogP contribution in [0.2, 0.25) is 0 Å². The molecule has 0 saturated heterocycles. The average molecular weight is 437 g/mol. The largest absolute Gasteiger partial charge is 0.366 e. The molecule has 1 amide bonds. The summed E-state index contributed by atoms with van der Waals surface area (Å²) in [5.74, 6) is -2.56. The molecule has 2 rings (SSSR count). The standard InChI is InChI=1S/C13H10BrFN2O5S2/c14-8-6-5-7(13(16)18)11(15)12(8)23(19,20)9-3-1-2-4-10(9)24(17,21)22/h1-6H,(H2,16,18)(H2,17,21,22). The second-order valence-electron chi connectivity index (χ2n) is 4.60. The molecule has 0 aliphatic carbocycles. The number of hydrogen-bond donors (Lipinski definition) is 2. The maximum absolute atomic E-state index is 14.5. The smallest absolute Gasteiger partial charge is 0.251 e. The minimum absolute atomic E-state index is 0.200. The van der Waals surface area contributed by atoms with Gasteiger partial charge >= 0.3 is 0 Å². The number of rotatable bonds is 4. The van der Waals surface area contributed by atoms with Crippen molar-refractivity contribution in [3.05, 3.63) is 52.3 Å². The number of primary amides is 1. The van der Waals surface area contributed by atoms with Gasteiger partial charge in [0.2, 0.25) is 19.9 Å². The van der Waals surface area contributed by atoms with Crippen molar-refractivity contribution in [1.29, 1.82) is 0 Å². The van der Waals surface area contributed by atoms with Crippen molar-refractivity contribution in [2.24, 2.45) is 10.9 Å². The number of sulfone groups is 1. The Bertz CT molecular complexity index is 1050. The number of hydrogen-bond acceptors (Lipinski definition) is 5. The van der Waals surface area contributed by atoms with Crippen LogP contribution in [0.5, 0.6) is 0 Å². The summed E-state index contributed by atoms with van der Waals surface area (Å²) in [5, 5.41) is 5.01. The summed E-state index contributed by atoms with van der Waals surface area (Å²) in [6.45, 7) is 0. The van der Waals surface area contributed by atoms with Crippen LogP contribution in [-0.2, 0) is 19.9 Å². The highest BCUT2D eigenvalue weighted by Gasteiger charge is 2.32. The molecule has 0 aromatic heterocycles. The van der Waals surface area contributed by atoms with Crippen molar-refractivity contribution in [2.75, 3.05) is 0 Å². The molecule has 2 aromatic rings. The van der Waals surface area contributed by atoms with Crippen molar-refractivity contribution < 1.29 is 26.0 Å². The summed E-state index contributed by atoms with van der Waals surface area (Å²) in [5.41, 5.74) is 4.36. The van der Waals surface area contributed by atoms with Crippen molar-refractivity contribution in [3.63, 3.8) is 0 Å². The molecule has 4 N–H and O–H groups in total. The third-order valence-electron chi connectivity index (χ3n) is 3.03. The van der Waals surface area contributed by atoms with Gasteiger partial charge in [-0.1, -0.05) is 12.1 Å². The monoisotopic (exact) mass is 436 g/mol. The summed E-state index contributed by atoms with van der Waals surface area (Å²) in [4.78, 5) is 8.92. The molecule has 0 radical (unpaired) electrons. The Morgan fingerprint density at radius 3 is 2.04 bits per heavy atom. The van der Waals surface area contributed by atoms with E-state index >= 15 is 0 Å². The number of carbonyl (C=O) groups is 1. The number of halogens is 2. The van der Waals surface area contributed by atoms with Crippen molar-refractivity contribution in [2.45, 2.75) is 14.7 Å². The fourth-order valence-corrected chi connectivity index (χ4v) is 5.71. The van der Waals surface area contributed by atoms with Gasteiger partial charge in [-0.05, 0) is 40.2 Å². The van der Waals surface area contributed by atoms with Gasteiger partial charge in [0.1, 0.15) is 9.79 Å². The van der Waals surface area contributed by atoms with E-state index in [1.54, 1.807) is 0 Å². The molecule has 0 aliphatic rings. The number of nitrogens with two attached hydrogens (primary N) is 2. The van der Waals surface area contributed by atoms with Crippen molar-refractivity contribution >= 4 is 41.7 Å². The summed E-state index contributed by atoms with van der Waals surface area (Å²) in [6.07, 6.45) is 0. The van der Waals surface area contributed by atoms with Gasteiger partial charge in [0.25, 0.3) is 5.91 Å². The molecule has 0 saturated carbocycles. The highest BCUT2D eigenvalue weighted by molar-refractivity contribution is 9.10. The molecule has 0 spiro atoms. The predicted octanol–water partition coefficient (Wildman–Crippen LogP) is 1.17. The minimum atomic E-state index is -4.66. The van der Waals surface area contributed by atoms with E-state index in [0.29, 0.717) is 0 Å². The first kappa shape index (κ1) is 18.5. The predicted molar refractivity (Wildman–Crippen MR) is 85.9 cm³/mol. The third-order valence-corrected chi connectivity index (χ3v) is 6.92. The van der Waals surface area contributed by atoms with Crippen LogP contribution in [0.3, 0.4) is 0 Å². The second-order valence-corrected chi connectivity index (χ2v) is 8.84. The van der Waals surface area contributed by atoms with E-state index in [1.165, 1.54) is 12.1 Å². The van der Waals surface area contributed by atoms with Gasteiger partial charge in [-0.3, -0.25) is 4.79 Å². The molecule has 0 heterocycles. The van der Waals surface area contributed by atoms with Crippen LogP contribution in [0.15, 0.2) is 55.6 Å². The zero-order chi connectivity index (χ0) is 18.3. The van der Waals surface area contributed by atoms with E-state index in [4.69, 9.17) is 10.9 Å². The topological polar surface area (TPSA) is 137 Å². The van der Waals surface area contributed by atoms with Crippen LogP contribution in [-0.4, -0.2) is 22.7 Å². The summed E-state index contributed by atoms with van der Waals surface area (Å²) in [6, 6.07) is 6.60. The third kappa shape index (κ3) is 3.20. The zero-order valence-corrected chi connectivity index (χ0v) is 15.0. The van der Waals surface area contributed by atoms with E-state index < -0.39 is 51.8 Å². The Kier molecular flexibility index (Phi) is 4.81.